The minimum atomic E-state index is -0.805. The molecule has 1 aliphatic carbocycles. The van der Waals surface area contributed by atoms with Gasteiger partial charge in [0, 0.05) is 30.1 Å². The monoisotopic (exact) mass is 472 g/mol. The fraction of sp³-hybridized carbons (Fsp3) is 0.250. The van der Waals surface area contributed by atoms with Crippen LogP contribution in [0.15, 0.2) is 72.8 Å². The maximum absolute atomic E-state index is 12.4. The molecule has 0 saturated heterocycles. The van der Waals surface area contributed by atoms with E-state index in [0.29, 0.717) is 24.2 Å². The fourth-order valence-electron chi connectivity index (χ4n) is 4.34. The Morgan fingerprint density at radius 3 is 2.06 bits per heavy atom. The second-order valence-electron chi connectivity index (χ2n) is 8.49. The minimum Gasteiger partial charge on any atom is -0.481 e. The summed E-state index contributed by atoms with van der Waals surface area (Å²) in [7, 11) is 0. The van der Waals surface area contributed by atoms with Crippen molar-refractivity contribution in [1.82, 2.24) is 5.32 Å². The first-order valence-electron chi connectivity index (χ1n) is 11.7. The number of hydrogen-bond acceptors (Lipinski definition) is 4. The molecule has 2 amide bonds. The molecule has 0 saturated carbocycles. The molecule has 180 valence electrons. The van der Waals surface area contributed by atoms with Gasteiger partial charge in [0.05, 0.1) is 0 Å². The predicted molar refractivity (Wildman–Crippen MR) is 134 cm³/mol. The van der Waals surface area contributed by atoms with E-state index in [2.05, 4.69) is 34.9 Å². The van der Waals surface area contributed by atoms with Gasteiger partial charge in [0.2, 0.25) is 0 Å². The molecule has 3 aromatic carbocycles. The Labute approximate surface area is 204 Å². The van der Waals surface area contributed by atoms with Crippen LogP contribution in [0.1, 0.15) is 53.1 Å². The van der Waals surface area contributed by atoms with Gasteiger partial charge in [0.1, 0.15) is 6.61 Å². The highest BCUT2D eigenvalue weighted by atomic mass is 16.5. The van der Waals surface area contributed by atoms with Crippen molar-refractivity contribution in [3.05, 3.63) is 89.5 Å². The van der Waals surface area contributed by atoms with E-state index in [4.69, 9.17) is 9.84 Å². The maximum Gasteiger partial charge on any atom is 0.411 e. The van der Waals surface area contributed by atoms with Crippen LogP contribution in [0.4, 0.5) is 10.5 Å². The van der Waals surface area contributed by atoms with Gasteiger partial charge in [-0.3, -0.25) is 14.9 Å². The van der Waals surface area contributed by atoms with E-state index < -0.39 is 12.1 Å². The van der Waals surface area contributed by atoms with Crippen LogP contribution in [0.3, 0.4) is 0 Å². The van der Waals surface area contributed by atoms with Gasteiger partial charge >= 0.3 is 12.1 Å². The van der Waals surface area contributed by atoms with E-state index in [0.717, 1.165) is 24.0 Å². The number of aliphatic carboxylic acids is 1. The molecule has 0 unspecified atom stereocenters. The standard InChI is InChI=1S/C28H28N2O5/c31-26(32)12-2-1-7-17-29-27(33)19-13-15-20(16-14-19)30-28(34)35-18-25-23-10-5-3-8-21(23)22-9-4-6-11-24(22)25/h3-6,8-11,13-16,25H,1-2,7,12,17-18H2,(H,29,33)(H,30,34)(H,31,32). The van der Waals surface area contributed by atoms with Crippen LogP contribution in [0.5, 0.6) is 0 Å². The minimum absolute atomic E-state index is 0.0108. The van der Waals surface area contributed by atoms with E-state index in [9.17, 15) is 14.4 Å². The van der Waals surface area contributed by atoms with Gasteiger partial charge in [-0.15, -0.1) is 0 Å². The first-order chi connectivity index (χ1) is 17.0. The van der Waals surface area contributed by atoms with Gasteiger partial charge in [0.15, 0.2) is 0 Å². The van der Waals surface area contributed by atoms with Crippen molar-refractivity contribution in [3.63, 3.8) is 0 Å². The third-order valence-corrected chi connectivity index (χ3v) is 6.09. The Bertz CT molecular complexity index is 1160. The number of ether oxygens (including phenoxy) is 1. The van der Waals surface area contributed by atoms with Crippen LogP contribution in [0.25, 0.3) is 11.1 Å². The van der Waals surface area contributed by atoms with E-state index >= 15 is 0 Å². The molecule has 7 heteroatoms. The number of carbonyl (C=O) groups excluding carboxylic acids is 2. The highest BCUT2D eigenvalue weighted by molar-refractivity contribution is 5.95. The molecule has 0 radical (unpaired) electrons. The lowest BCUT2D eigenvalue weighted by Gasteiger charge is -2.14. The zero-order chi connectivity index (χ0) is 24.6. The van der Waals surface area contributed by atoms with E-state index in [-0.39, 0.29) is 24.9 Å². The predicted octanol–water partition coefficient (Wildman–Crippen LogP) is 5.42. The highest BCUT2D eigenvalue weighted by Crippen LogP contribution is 2.44. The average molecular weight is 473 g/mol. The van der Waals surface area contributed by atoms with E-state index in [1.807, 2.05) is 24.3 Å². The largest absolute Gasteiger partial charge is 0.481 e. The zero-order valence-electron chi connectivity index (χ0n) is 19.3. The summed E-state index contributed by atoms with van der Waals surface area (Å²) in [5.41, 5.74) is 5.66. The van der Waals surface area contributed by atoms with Crippen LogP contribution in [-0.4, -0.2) is 36.2 Å². The van der Waals surface area contributed by atoms with Crippen molar-refractivity contribution in [2.45, 2.75) is 31.6 Å². The van der Waals surface area contributed by atoms with Gasteiger partial charge in [-0.25, -0.2) is 4.79 Å². The van der Waals surface area contributed by atoms with Crippen LogP contribution in [-0.2, 0) is 9.53 Å². The molecular formula is C28H28N2O5. The summed E-state index contributed by atoms with van der Waals surface area (Å²) in [4.78, 5) is 35.2. The normalized spacial score (nSPS) is 11.9. The van der Waals surface area contributed by atoms with Crippen LogP contribution in [0, 0.1) is 0 Å². The molecule has 3 N–H and O–H groups in total. The summed E-state index contributed by atoms with van der Waals surface area (Å²) < 4.78 is 5.56. The molecule has 0 aliphatic heterocycles. The van der Waals surface area contributed by atoms with Crippen LogP contribution >= 0.6 is 0 Å². The number of carboxylic acids is 1. The maximum atomic E-state index is 12.4. The summed E-state index contributed by atoms with van der Waals surface area (Å²) in [6.45, 7) is 0.713. The van der Waals surface area contributed by atoms with Crippen molar-refractivity contribution < 1.29 is 24.2 Å². The number of benzene rings is 3. The van der Waals surface area contributed by atoms with Gasteiger partial charge in [0.25, 0.3) is 5.91 Å². The van der Waals surface area contributed by atoms with Gasteiger partial charge in [-0.1, -0.05) is 55.0 Å². The van der Waals surface area contributed by atoms with Gasteiger partial charge in [-0.2, -0.15) is 0 Å². The van der Waals surface area contributed by atoms with E-state index in [1.54, 1.807) is 24.3 Å². The third kappa shape index (κ3) is 6.06. The van der Waals surface area contributed by atoms with Crippen molar-refractivity contribution in [2.75, 3.05) is 18.5 Å². The summed E-state index contributed by atoms with van der Waals surface area (Å²) >= 11 is 0. The van der Waals surface area contributed by atoms with Gasteiger partial charge < -0.3 is 15.2 Å². The summed E-state index contributed by atoms with van der Waals surface area (Å²) in [5, 5.41) is 14.2. The Kier molecular flexibility index (Phi) is 7.77. The lowest BCUT2D eigenvalue weighted by Crippen LogP contribution is -2.24. The Morgan fingerprint density at radius 1 is 0.800 bits per heavy atom. The summed E-state index contributed by atoms with van der Waals surface area (Å²) in [5.74, 6) is -1.03. The molecule has 0 fully saturated rings. The molecule has 0 heterocycles. The SMILES string of the molecule is O=C(O)CCCCCNC(=O)c1ccc(NC(=O)OCC2c3ccccc3-c3ccccc32)cc1. The molecule has 7 nitrogen and oxygen atoms in total. The molecule has 0 atom stereocenters. The number of unbranched alkanes of at least 4 members (excludes halogenated alkanes) is 2. The molecule has 35 heavy (non-hydrogen) atoms. The topological polar surface area (TPSA) is 105 Å². The van der Waals surface area contributed by atoms with Gasteiger partial charge in [-0.05, 0) is 59.4 Å². The molecular weight excluding hydrogens is 444 g/mol. The number of hydrogen-bond donors (Lipinski definition) is 3. The smallest absolute Gasteiger partial charge is 0.411 e. The Morgan fingerprint density at radius 2 is 1.43 bits per heavy atom. The van der Waals surface area contributed by atoms with Crippen LogP contribution in [0.2, 0.25) is 0 Å². The van der Waals surface area contributed by atoms with E-state index in [1.165, 1.54) is 11.1 Å². The second-order valence-corrected chi connectivity index (χ2v) is 8.49. The van der Waals surface area contributed by atoms with Crippen molar-refractivity contribution in [2.24, 2.45) is 0 Å². The molecule has 3 aromatic rings. The molecule has 0 spiro atoms. The number of carboxylic acid groups (broad SMARTS) is 1. The second kappa shape index (κ2) is 11.3. The van der Waals surface area contributed by atoms with Crippen molar-refractivity contribution in [3.8, 4) is 11.1 Å². The average Bonchev–Trinajstić information content (AvgIpc) is 3.19. The first-order valence-corrected chi connectivity index (χ1v) is 11.7. The lowest BCUT2D eigenvalue weighted by molar-refractivity contribution is -0.137. The number of anilines is 1. The number of fused-ring (bicyclic) bond motifs is 3. The first kappa shape index (κ1) is 24.0. The van der Waals surface area contributed by atoms with Crippen LogP contribution < -0.4 is 10.6 Å². The number of carbonyl (C=O) groups is 3. The molecule has 1 aliphatic rings. The third-order valence-electron chi connectivity index (χ3n) is 6.09. The molecule has 0 aromatic heterocycles. The lowest BCUT2D eigenvalue weighted by atomic mass is 9.98. The zero-order valence-corrected chi connectivity index (χ0v) is 19.3. The quantitative estimate of drug-likeness (QED) is 0.342. The number of nitrogens with one attached hydrogen (secondary N) is 2. The fourth-order valence-corrected chi connectivity index (χ4v) is 4.34. The molecule has 4 rings (SSSR count). The number of amides is 2. The summed E-state index contributed by atoms with van der Waals surface area (Å²) in [6.07, 6.45) is 1.66. The molecule has 0 bridgehead atoms. The number of rotatable bonds is 10. The van der Waals surface area contributed by atoms with Crippen molar-refractivity contribution in [1.29, 1.82) is 0 Å². The Hall–Kier alpha value is -4.13. The Balaban J connectivity index is 1.25. The van der Waals surface area contributed by atoms with Crippen molar-refractivity contribution >= 4 is 23.7 Å². The summed E-state index contributed by atoms with van der Waals surface area (Å²) in [6, 6.07) is 22.9. The highest BCUT2D eigenvalue weighted by Gasteiger charge is 2.29.